The fourth-order valence-corrected chi connectivity index (χ4v) is 3.64. The number of para-hydroxylation sites is 1. The van der Waals surface area contributed by atoms with Crippen LogP contribution in [0.3, 0.4) is 0 Å². The van der Waals surface area contributed by atoms with Crippen molar-refractivity contribution in [1.29, 1.82) is 0 Å². The molecule has 0 bridgehead atoms. The van der Waals surface area contributed by atoms with Gasteiger partial charge in [-0.2, -0.15) is 0 Å². The first-order chi connectivity index (χ1) is 9.58. The predicted octanol–water partition coefficient (Wildman–Crippen LogP) is 4.92. The molecule has 0 aliphatic heterocycles. The van der Waals surface area contributed by atoms with Crippen molar-refractivity contribution in [2.75, 3.05) is 12.4 Å². The Hall–Kier alpha value is -0.880. The third-order valence-corrected chi connectivity index (χ3v) is 4.91. The van der Waals surface area contributed by atoms with Crippen molar-refractivity contribution in [3.8, 4) is 5.75 Å². The molecule has 7 heteroatoms. The second-order valence-corrected chi connectivity index (χ2v) is 6.59. The molecule has 0 saturated carbocycles. The van der Waals surface area contributed by atoms with Crippen molar-refractivity contribution in [1.82, 2.24) is 0 Å². The lowest BCUT2D eigenvalue weighted by Gasteiger charge is -2.08. The van der Waals surface area contributed by atoms with Crippen LogP contribution in [0, 0.1) is 0 Å². The molecule has 0 radical (unpaired) electrons. The maximum atomic E-state index is 10.8. The minimum atomic E-state index is -0.902. The van der Waals surface area contributed by atoms with Gasteiger partial charge in [0.25, 0.3) is 0 Å². The highest BCUT2D eigenvalue weighted by atomic mass is 35.5. The van der Waals surface area contributed by atoms with Gasteiger partial charge in [0.2, 0.25) is 0 Å². The van der Waals surface area contributed by atoms with Crippen molar-refractivity contribution in [3.05, 3.63) is 44.6 Å². The van der Waals surface area contributed by atoms with Crippen LogP contribution in [-0.4, -0.2) is 23.4 Å². The number of hydrogen-bond donors (Lipinski definition) is 1. The van der Waals surface area contributed by atoms with Crippen LogP contribution in [0.1, 0.15) is 9.67 Å². The molecular formula is C13H10Cl2O3S2. The van der Waals surface area contributed by atoms with E-state index in [9.17, 15) is 4.79 Å². The lowest BCUT2D eigenvalue weighted by Crippen LogP contribution is -2.00. The van der Waals surface area contributed by atoms with Gasteiger partial charge in [-0.15, -0.1) is 23.1 Å². The quantitative estimate of drug-likeness (QED) is 0.594. The minimum absolute atomic E-state index is 0.336. The van der Waals surface area contributed by atoms with Crippen LogP contribution in [0.25, 0.3) is 0 Å². The van der Waals surface area contributed by atoms with Crippen molar-refractivity contribution in [2.45, 2.75) is 4.90 Å². The molecule has 3 nitrogen and oxygen atoms in total. The first-order valence-electron chi connectivity index (χ1n) is 5.59. The van der Waals surface area contributed by atoms with Gasteiger partial charge in [0, 0.05) is 16.0 Å². The molecule has 1 N–H and O–H groups in total. The monoisotopic (exact) mass is 348 g/mol. The summed E-state index contributed by atoms with van der Waals surface area (Å²) in [6.07, 6.45) is 0. The number of aromatic carboxylic acids is 1. The zero-order valence-corrected chi connectivity index (χ0v) is 13.3. The van der Waals surface area contributed by atoms with E-state index in [4.69, 9.17) is 33.0 Å². The summed E-state index contributed by atoms with van der Waals surface area (Å²) in [6.45, 7) is 0.437. The highest BCUT2D eigenvalue weighted by Crippen LogP contribution is 2.32. The Balaban J connectivity index is 1.83. The number of ether oxygens (including phenoxy) is 1. The molecular weight excluding hydrogens is 339 g/mol. The summed E-state index contributed by atoms with van der Waals surface area (Å²) in [4.78, 5) is 12.0. The van der Waals surface area contributed by atoms with Crippen LogP contribution in [0.15, 0.2) is 34.5 Å². The van der Waals surface area contributed by atoms with Crippen LogP contribution in [0.4, 0.5) is 0 Å². The first-order valence-corrected chi connectivity index (χ1v) is 8.21. The molecule has 1 aromatic carbocycles. The second kappa shape index (κ2) is 7.22. The smallest absolute Gasteiger partial charge is 0.345 e. The summed E-state index contributed by atoms with van der Waals surface area (Å²) in [7, 11) is 0. The molecule has 0 aliphatic rings. The lowest BCUT2D eigenvalue weighted by atomic mass is 10.3. The molecule has 2 rings (SSSR count). The third kappa shape index (κ3) is 4.06. The van der Waals surface area contributed by atoms with E-state index in [1.165, 1.54) is 23.1 Å². The van der Waals surface area contributed by atoms with E-state index in [2.05, 4.69) is 0 Å². The van der Waals surface area contributed by atoms with Crippen molar-refractivity contribution in [3.63, 3.8) is 0 Å². The van der Waals surface area contributed by atoms with E-state index < -0.39 is 5.97 Å². The molecule has 0 unspecified atom stereocenters. The Kier molecular flexibility index (Phi) is 5.60. The molecule has 0 amide bonds. The topological polar surface area (TPSA) is 46.5 Å². The van der Waals surface area contributed by atoms with Crippen molar-refractivity contribution < 1.29 is 14.6 Å². The molecule has 0 spiro atoms. The Morgan fingerprint density at radius 3 is 2.65 bits per heavy atom. The second-order valence-electron chi connectivity index (χ2n) is 3.70. The van der Waals surface area contributed by atoms with E-state index >= 15 is 0 Å². The third-order valence-electron chi connectivity index (χ3n) is 2.30. The normalized spacial score (nSPS) is 10.5. The van der Waals surface area contributed by atoms with Gasteiger partial charge < -0.3 is 9.84 Å². The van der Waals surface area contributed by atoms with Gasteiger partial charge in [-0.25, -0.2) is 4.79 Å². The van der Waals surface area contributed by atoms with E-state index in [1.807, 2.05) is 5.38 Å². The molecule has 0 fully saturated rings. The van der Waals surface area contributed by atoms with Crippen LogP contribution in [-0.2, 0) is 0 Å². The van der Waals surface area contributed by atoms with Crippen LogP contribution in [0.2, 0.25) is 10.0 Å². The van der Waals surface area contributed by atoms with E-state index in [0.717, 1.165) is 4.90 Å². The molecule has 0 atom stereocenters. The van der Waals surface area contributed by atoms with Gasteiger partial charge in [0.05, 0.1) is 16.7 Å². The summed E-state index contributed by atoms with van der Waals surface area (Å²) in [6, 6.07) is 6.84. The van der Waals surface area contributed by atoms with Crippen LogP contribution >= 0.6 is 46.3 Å². The number of carboxylic acids is 1. The van der Waals surface area contributed by atoms with Gasteiger partial charge in [-0.05, 0) is 18.2 Å². The number of carboxylic acid groups (broad SMARTS) is 1. The Labute approximate surface area is 134 Å². The van der Waals surface area contributed by atoms with E-state index in [-0.39, 0.29) is 0 Å². The molecule has 2 aromatic rings. The van der Waals surface area contributed by atoms with Crippen LogP contribution in [0.5, 0.6) is 5.75 Å². The summed E-state index contributed by atoms with van der Waals surface area (Å²) in [5.74, 6) is 0.256. The molecule has 0 aliphatic carbocycles. The summed E-state index contributed by atoms with van der Waals surface area (Å²) in [5.41, 5.74) is 0. The molecule has 20 heavy (non-hydrogen) atoms. The van der Waals surface area contributed by atoms with Gasteiger partial charge in [-0.3, -0.25) is 0 Å². The Morgan fingerprint density at radius 2 is 2.05 bits per heavy atom. The molecule has 106 valence electrons. The maximum Gasteiger partial charge on any atom is 0.345 e. The average molecular weight is 349 g/mol. The molecule has 1 aromatic heterocycles. The van der Waals surface area contributed by atoms with Gasteiger partial charge in [0.1, 0.15) is 4.88 Å². The number of thioether (sulfide) groups is 1. The van der Waals surface area contributed by atoms with Crippen LogP contribution < -0.4 is 4.74 Å². The summed E-state index contributed by atoms with van der Waals surface area (Å²) >= 11 is 14.7. The number of thiophene rings is 1. The molecule has 0 saturated heterocycles. The number of benzene rings is 1. The SMILES string of the molecule is O=C(O)c1cc(SCCOc2c(Cl)cccc2Cl)cs1. The summed E-state index contributed by atoms with van der Waals surface area (Å²) < 4.78 is 5.55. The zero-order chi connectivity index (χ0) is 14.5. The standard InChI is InChI=1S/C13H10Cl2O3S2/c14-9-2-1-3-10(15)12(9)18-4-5-19-8-6-11(13(16)17)20-7-8/h1-3,6-7H,4-5H2,(H,16,17). The van der Waals surface area contributed by atoms with E-state index in [0.29, 0.717) is 33.0 Å². The minimum Gasteiger partial charge on any atom is -0.490 e. The number of halogens is 2. The number of hydrogen-bond acceptors (Lipinski definition) is 4. The number of carbonyl (C=O) groups is 1. The maximum absolute atomic E-state index is 10.8. The van der Waals surface area contributed by atoms with Gasteiger partial charge in [0.15, 0.2) is 5.75 Å². The lowest BCUT2D eigenvalue weighted by molar-refractivity contribution is 0.0702. The van der Waals surface area contributed by atoms with Crippen molar-refractivity contribution >= 4 is 52.3 Å². The first kappa shape index (κ1) is 15.5. The highest BCUT2D eigenvalue weighted by Gasteiger charge is 2.08. The van der Waals surface area contributed by atoms with Crippen molar-refractivity contribution in [2.24, 2.45) is 0 Å². The molecule has 1 heterocycles. The fourth-order valence-electron chi connectivity index (χ4n) is 1.43. The summed E-state index contributed by atoms with van der Waals surface area (Å²) in [5, 5.41) is 11.6. The highest BCUT2D eigenvalue weighted by molar-refractivity contribution is 7.99. The number of rotatable bonds is 6. The Bertz CT molecular complexity index is 593. The van der Waals surface area contributed by atoms with Gasteiger partial charge >= 0.3 is 5.97 Å². The van der Waals surface area contributed by atoms with E-state index in [1.54, 1.807) is 24.3 Å². The Morgan fingerprint density at radius 1 is 1.35 bits per heavy atom. The predicted molar refractivity (Wildman–Crippen MR) is 84.0 cm³/mol. The van der Waals surface area contributed by atoms with Gasteiger partial charge in [-0.1, -0.05) is 29.3 Å². The zero-order valence-electron chi connectivity index (χ0n) is 10.1. The average Bonchev–Trinajstić information content (AvgIpc) is 2.86. The fraction of sp³-hybridized carbons (Fsp3) is 0.154. The largest absolute Gasteiger partial charge is 0.490 e.